The van der Waals surface area contributed by atoms with E-state index in [2.05, 4.69) is 17.5 Å². The lowest BCUT2D eigenvalue weighted by molar-refractivity contribution is 0.151. The second-order valence-electron chi connectivity index (χ2n) is 4.38. The summed E-state index contributed by atoms with van der Waals surface area (Å²) in [6.07, 6.45) is 0.824. The van der Waals surface area contributed by atoms with Crippen LogP contribution in [0.3, 0.4) is 0 Å². The predicted octanol–water partition coefficient (Wildman–Crippen LogP) is 3.59. The van der Waals surface area contributed by atoms with Crippen molar-refractivity contribution in [3.05, 3.63) is 58.3 Å². The number of hydrogen-bond donors (Lipinski definition) is 1. The molecule has 3 unspecified atom stereocenters. The molecule has 1 nitrogen and oxygen atoms in total. The van der Waals surface area contributed by atoms with Gasteiger partial charge in [0, 0.05) is 4.88 Å². The first-order valence-corrected chi connectivity index (χ1v) is 6.50. The molecule has 0 radical (unpaired) electrons. The first-order chi connectivity index (χ1) is 7.86. The molecule has 1 fully saturated rings. The molecule has 1 saturated carbocycles. The van der Waals surface area contributed by atoms with Gasteiger partial charge < -0.3 is 5.11 Å². The van der Waals surface area contributed by atoms with E-state index < -0.39 is 0 Å². The Morgan fingerprint density at radius 1 is 1.12 bits per heavy atom. The molecule has 0 amide bonds. The van der Waals surface area contributed by atoms with Crippen molar-refractivity contribution in [1.29, 1.82) is 0 Å². The van der Waals surface area contributed by atoms with Gasteiger partial charge in [-0.3, -0.25) is 0 Å². The van der Waals surface area contributed by atoms with Crippen LogP contribution in [0.2, 0.25) is 0 Å². The molecule has 16 heavy (non-hydrogen) atoms. The van der Waals surface area contributed by atoms with E-state index in [9.17, 15) is 5.11 Å². The Bertz CT molecular complexity index is 449. The number of benzene rings is 1. The highest BCUT2D eigenvalue weighted by Crippen LogP contribution is 2.55. The van der Waals surface area contributed by atoms with Crippen molar-refractivity contribution in [1.82, 2.24) is 0 Å². The van der Waals surface area contributed by atoms with Gasteiger partial charge in [0.15, 0.2) is 0 Å². The van der Waals surface area contributed by atoms with Crippen LogP contribution in [0, 0.1) is 5.92 Å². The molecule has 1 heterocycles. The SMILES string of the molecule is OC(c1ccccc1)C1CC1c1cccs1. The van der Waals surface area contributed by atoms with Crippen LogP contribution in [-0.4, -0.2) is 5.11 Å². The largest absolute Gasteiger partial charge is 0.388 e. The maximum absolute atomic E-state index is 10.2. The average molecular weight is 230 g/mol. The van der Waals surface area contributed by atoms with Gasteiger partial charge in [-0.1, -0.05) is 36.4 Å². The molecule has 3 atom stereocenters. The lowest BCUT2D eigenvalue weighted by Gasteiger charge is -2.09. The topological polar surface area (TPSA) is 20.2 Å². The van der Waals surface area contributed by atoms with E-state index >= 15 is 0 Å². The molecule has 1 aromatic carbocycles. The molecule has 1 aliphatic carbocycles. The summed E-state index contributed by atoms with van der Waals surface area (Å²) in [7, 11) is 0. The molecule has 82 valence electrons. The van der Waals surface area contributed by atoms with Gasteiger partial charge in [0.25, 0.3) is 0 Å². The third-order valence-corrected chi connectivity index (χ3v) is 4.30. The van der Waals surface area contributed by atoms with E-state index in [0.717, 1.165) is 12.0 Å². The number of aliphatic hydroxyl groups excluding tert-OH is 1. The summed E-state index contributed by atoms with van der Waals surface area (Å²) >= 11 is 1.80. The van der Waals surface area contributed by atoms with Crippen LogP contribution in [0.25, 0.3) is 0 Å². The zero-order valence-corrected chi connectivity index (χ0v) is 9.73. The highest BCUT2D eigenvalue weighted by molar-refractivity contribution is 7.10. The second kappa shape index (κ2) is 4.04. The minimum Gasteiger partial charge on any atom is -0.388 e. The molecule has 0 aliphatic heterocycles. The molecule has 0 spiro atoms. The Kier molecular flexibility index (Phi) is 2.54. The van der Waals surface area contributed by atoms with Crippen molar-refractivity contribution in [2.75, 3.05) is 0 Å². The fourth-order valence-corrected chi connectivity index (χ4v) is 3.21. The molecular formula is C14H14OS. The van der Waals surface area contributed by atoms with E-state index in [0.29, 0.717) is 11.8 Å². The normalized spacial score (nSPS) is 25.3. The van der Waals surface area contributed by atoms with E-state index in [1.165, 1.54) is 4.88 Å². The van der Waals surface area contributed by atoms with Crippen molar-refractivity contribution in [3.63, 3.8) is 0 Å². The van der Waals surface area contributed by atoms with E-state index in [4.69, 9.17) is 0 Å². The molecule has 1 aliphatic rings. The van der Waals surface area contributed by atoms with Gasteiger partial charge in [-0.15, -0.1) is 11.3 Å². The minimum absolute atomic E-state index is 0.298. The summed E-state index contributed by atoms with van der Waals surface area (Å²) in [6.45, 7) is 0. The highest BCUT2D eigenvalue weighted by atomic mass is 32.1. The molecule has 2 aromatic rings. The van der Waals surface area contributed by atoms with Crippen molar-refractivity contribution < 1.29 is 5.11 Å². The summed E-state index contributed by atoms with van der Waals surface area (Å²) in [6, 6.07) is 14.2. The Balaban J connectivity index is 1.73. The molecule has 0 bridgehead atoms. The van der Waals surface area contributed by atoms with Gasteiger partial charge in [-0.2, -0.15) is 0 Å². The van der Waals surface area contributed by atoms with Crippen molar-refractivity contribution >= 4 is 11.3 Å². The van der Waals surface area contributed by atoms with Crippen LogP contribution in [-0.2, 0) is 0 Å². The van der Waals surface area contributed by atoms with Gasteiger partial charge >= 0.3 is 0 Å². The quantitative estimate of drug-likeness (QED) is 0.854. The molecular weight excluding hydrogens is 216 g/mol. The first-order valence-electron chi connectivity index (χ1n) is 5.62. The summed E-state index contributed by atoms with van der Waals surface area (Å²) in [5.74, 6) is 0.997. The lowest BCUT2D eigenvalue weighted by atomic mass is 10.0. The summed E-state index contributed by atoms with van der Waals surface area (Å²) in [4.78, 5) is 1.42. The van der Waals surface area contributed by atoms with E-state index in [1.807, 2.05) is 30.3 Å². The maximum atomic E-state index is 10.2. The van der Waals surface area contributed by atoms with Crippen molar-refractivity contribution in [2.24, 2.45) is 5.92 Å². The van der Waals surface area contributed by atoms with Crippen LogP contribution in [0.4, 0.5) is 0 Å². The lowest BCUT2D eigenvalue weighted by Crippen LogP contribution is -2.00. The average Bonchev–Trinajstić information content (AvgIpc) is 2.95. The van der Waals surface area contributed by atoms with Crippen LogP contribution >= 0.6 is 11.3 Å². The van der Waals surface area contributed by atoms with Gasteiger partial charge in [-0.05, 0) is 35.3 Å². The fourth-order valence-electron chi connectivity index (χ4n) is 2.29. The van der Waals surface area contributed by atoms with Crippen molar-refractivity contribution in [3.8, 4) is 0 Å². The van der Waals surface area contributed by atoms with Gasteiger partial charge in [0.1, 0.15) is 0 Å². The molecule has 1 aromatic heterocycles. The van der Waals surface area contributed by atoms with Crippen LogP contribution in [0.5, 0.6) is 0 Å². The zero-order valence-electron chi connectivity index (χ0n) is 8.91. The fraction of sp³-hybridized carbons (Fsp3) is 0.286. The summed E-state index contributed by atoms with van der Waals surface area (Å²) < 4.78 is 0. The third-order valence-electron chi connectivity index (χ3n) is 3.30. The smallest absolute Gasteiger partial charge is 0.0824 e. The monoisotopic (exact) mass is 230 g/mol. The molecule has 1 N–H and O–H groups in total. The van der Waals surface area contributed by atoms with Crippen molar-refractivity contribution in [2.45, 2.75) is 18.4 Å². The standard InChI is InChI=1S/C14H14OS/c15-14(10-5-2-1-3-6-10)12-9-11(12)13-7-4-8-16-13/h1-8,11-12,14-15H,9H2. The molecule has 0 saturated heterocycles. The minimum atomic E-state index is -0.298. The van der Waals surface area contributed by atoms with Gasteiger partial charge in [0.05, 0.1) is 6.10 Å². The summed E-state index contributed by atoms with van der Waals surface area (Å²) in [5, 5.41) is 12.3. The van der Waals surface area contributed by atoms with Crippen LogP contribution in [0.1, 0.15) is 28.9 Å². The predicted molar refractivity (Wildman–Crippen MR) is 66.6 cm³/mol. The van der Waals surface area contributed by atoms with Crippen LogP contribution in [0.15, 0.2) is 47.8 Å². The Morgan fingerprint density at radius 2 is 1.94 bits per heavy atom. The number of hydrogen-bond acceptors (Lipinski definition) is 2. The van der Waals surface area contributed by atoms with E-state index in [1.54, 1.807) is 11.3 Å². The zero-order chi connectivity index (χ0) is 11.0. The molecule has 3 rings (SSSR count). The number of rotatable bonds is 3. The number of thiophene rings is 1. The summed E-state index contributed by atoms with van der Waals surface area (Å²) in [5.41, 5.74) is 1.05. The molecule has 2 heteroatoms. The van der Waals surface area contributed by atoms with Crippen LogP contribution < -0.4 is 0 Å². The second-order valence-corrected chi connectivity index (χ2v) is 5.36. The van der Waals surface area contributed by atoms with Gasteiger partial charge in [0.2, 0.25) is 0 Å². The number of aliphatic hydroxyl groups is 1. The first kappa shape index (κ1) is 10.1. The van der Waals surface area contributed by atoms with Gasteiger partial charge in [-0.25, -0.2) is 0 Å². The Morgan fingerprint density at radius 3 is 2.62 bits per heavy atom. The third kappa shape index (κ3) is 1.79. The Hall–Kier alpha value is -1.12. The van der Waals surface area contributed by atoms with E-state index in [-0.39, 0.29) is 6.10 Å². The maximum Gasteiger partial charge on any atom is 0.0824 e. The highest BCUT2D eigenvalue weighted by Gasteiger charge is 2.44. The Labute approximate surface area is 99.4 Å².